The van der Waals surface area contributed by atoms with Crippen LogP contribution in [0.1, 0.15) is 36.1 Å². The molecule has 1 aromatic heterocycles. The smallest absolute Gasteiger partial charge is 0.453 e. The first-order chi connectivity index (χ1) is 13.2. The molecule has 2 aromatic rings. The third kappa shape index (κ3) is 4.29. The van der Waals surface area contributed by atoms with Gasteiger partial charge in [0.2, 0.25) is 0 Å². The zero-order valence-corrected chi connectivity index (χ0v) is 14.6. The van der Waals surface area contributed by atoms with Gasteiger partial charge in [-0.15, -0.1) is 13.2 Å². The minimum atomic E-state index is -4.95. The molecule has 1 aliphatic rings. The average Bonchev–Trinajstić information content (AvgIpc) is 3.06. The molecule has 1 aliphatic heterocycles. The highest BCUT2D eigenvalue weighted by Crippen LogP contribution is 2.41. The van der Waals surface area contributed by atoms with Crippen molar-refractivity contribution in [2.75, 3.05) is 13.7 Å². The van der Waals surface area contributed by atoms with Gasteiger partial charge in [0, 0.05) is 30.2 Å². The van der Waals surface area contributed by atoms with Gasteiger partial charge >= 0.3 is 12.5 Å². The van der Waals surface area contributed by atoms with E-state index in [4.69, 9.17) is 9.26 Å². The van der Waals surface area contributed by atoms with E-state index in [1.54, 1.807) is 0 Å². The number of nitrogens with one attached hydrogen (secondary N) is 1. The van der Waals surface area contributed by atoms with Crippen LogP contribution in [0.25, 0.3) is 0 Å². The number of benzene rings is 1. The zero-order valence-electron chi connectivity index (χ0n) is 14.6. The first-order valence-corrected chi connectivity index (χ1v) is 8.26. The molecule has 1 aromatic carbocycles. The number of aromatic amines is 1. The van der Waals surface area contributed by atoms with Crippen LogP contribution in [0.2, 0.25) is 0 Å². The standard InChI is InChI=1S/C17H16F4N2O5/c1-26-16(25)23-5-4-9(14-8-15(24)22-28-14)6-13(23)11-3-2-10(7-12(11)18)27-17(19,20)21/h2-3,7-9,13H,4-6H2,1H3,(H,22,24)/t9-,13+/m1/s1. The summed E-state index contributed by atoms with van der Waals surface area (Å²) in [6.45, 7) is 0.178. The van der Waals surface area contributed by atoms with Crippen LogP contribution in [-0.4, -0.2) is 36.2 Å². The molecule has 2 atom stereocenters. The third-order valence-electron chi connectivity index (χ3n) is 4.52. The van der Waals surface area contributed by atoms with Crippen molar-refractivity contribution in [3.63, 3.8) is 0 Å². The Labute approximate surface area is 155 Å². The SMILES string of the molecule is COC(=O)N1CC[C@@H](c2cc(=O)[nH]o2)C[C@H]1c1ccc(OC(F)(F)F)cc1F. The molecule has 7 nitrogen and oxygen atoms in total. The van der Waals surface area contributed by atoms with Crippen molar-refractivity contribution in [3.05, 3.63) is 51.8 Å². The highest BCUT2D eigenvalue weighted by molar-refractivity contribution is 5.68. The van der Waals surface area contributed by atoms with Crippen LogP contribution < -0.4 is 10.3 Å². The van der Waals surface area contributed by atoms with Gasteiger partial charge in [0.05, 0.1) is 13.2 Å². The van der Waals surface area contributed by atoms with E-state index < -0.39 is 35.6 Å². The molecule has 152 valence electrons. The van der Waals surface area contributed by atoms with E-state index in [2.05, 4.69) is 9.89 Å². The summed E-state index contributed by atoms with van der Waals surface area (Å²) in [6.07, 6.45) is -5.03. The van der Waals surface area contributed by atoms with E-state index in [1.807, 2.05) is 0 Å². The fourth-order valence-corrected chi connectivity index (χ4v) is 3.33. The van der Waals surface area contributed by atoms with Crippen molar-refractivity contribution in [1.82, 2.24) is 10.1 Å². The molecule has 1 saturated heterocycles. The Morgan fingerprint density at radius 1 is 1.32 bits per heavy atom. The van der Waals surface area contributed by atoms with Gasteiger partial charge in [0.25, 0.3) is 5.56 Å². The molecule has 3 rings (SSSR count). The number of rotatable bonds is 3. The Kier molecular flexibility index (Phi) is 5.34. The van der Waals surface area contributed by atoms with E-state index in [9.17, 15) is 27.2 Å². The fraction of sp³-hybridized carbons (Fsp3) is 0.412. The Hall–Kier alpha value is -2.98. The Morgan fingerprint density at radius 3 is 2.64 bits per heavy atom. The lowest BCUT2D eigenvalue weighted by atomic mass is 9.85. The first-order valence-electron chi connectivity index (χ1n) is 8.26. The number of nitrogens with zero attached hydrogens (tertiary/aromatic N) is 1. The molecule has 2 heterocycles. The summed E-state index contributed by atoms with van der Waals surface area (Å²) in [5.74, 6) is -1.61. The molecule has 0 radical (unpaired) electrons. The lowest BCUT2D eigenvalue weighted by molar-refractivity contribution is -0.274. The summed E-state index contributed by atoms with van der Waals surface area (Å²) >= 11 is 0. The van der Waals surface area contributed by atoms with E-state index in [-0.39, 0.29) is 24.4 Å². The Balaban J connectivity index is 1.91. The molecule has 0 aliphatic carbocycles. The van der Waals surface area contributed by atoms with Crippen molar-refractivity contribution in [2.45, 2.75) is 31.2 Å². The molecule has 28 heavy (non-hydrogen) atoms. The van der Waals surface area contributed by atoms with Crippen LogP contribution in [0, 0.1) is 5.82 Å². The van der Waals surface area contributed by atoms with Gasteiger partial charge in [-0.25, -0.2) is 9.18 Å². The van der Waals surface area contributed by atoms with Crippen LogP contribution in [-0.2, 0) is 4.74 Å². The van der Waals surface area contributed by atoms with Crippen LogP contribution in [0.3, 0.4) is 0 Å². The number of piperidine rings is 1. The number of likely N-dealkylation sites (tertiary alicyclic amines) is 1. The van der Waals surface area contributed by atoms with Gasteiger partial charge in [0.1, 0.15) is 17.3 Å². The fourth-order valence-electron chi connectivity index (χ4n) is 3.33. The molecule has 0 saturated carbocycles. The molecule has 1 N–H and O–H groups in total. The maximum atomic E-state index is 14.6. The number of H-pyrrole nitrogens is 1. The predicted molar refractivity (Wildman–Crippen MR) is 86.2 cm³/mol. The molecule has 1 amide bonds. The largest absolute Gasteiger partial charge is 0.573 e. The molecule has 0 bridgehead atoms. The number of carbonyl (C=O) groups excluding carboxylic acids is 1. The zero-order chi connectivity index (χ0) is 20.5. The van der Waals surface area contributed by atoms with Crippen molar-refractivity contribution in [2.24, 2.45) is 0 Å². The molecule has 1 fully saturated rings. The van der Waals surface area contributed by atoms with Crippen LogP contribution in [0.15, 0.2) is 33.6 Å². The van der Waals surface area contributed by atoms with E-state index in [0.717, 1.165) is 12.1 Å². The molecule has 11 heteroatoms. The van der Waals surface area contributed by atoms with Crippen LogP contribution in [0.5, 0.6) is 5.75 Å². The van der Waals surface area contributed by atoms with Gasteiger partial charge in [-0.3, -0.25) is 4.79 Å². The van der Waals surface area contributed by atoms with E-state index in [1.165, 1.54) is 18.1 Å². The molecular weight excluding hydrogens is 388 g/mol. The number of hydrogen-bond acceptors (Lipinski definition) is 5. The van der Waals surface area contributed by atoms with Crippen molar-refractivity contribution >= 4 is 6.09 Å². The molecule has 0 unspecified atom stereocenters. The number of aromatic nitrogens is 1. The second-order valence-electron chi connectivity index (χ2n) is 6.25. The van der Waals surface area contributed by atoms with E-state index >= 15 is 0 Å². The summed E-state index contributed by atoms with van der Waals surface area (Å²) in [4.78, 5) is 24.7. The third-order valence-corrected chi connectivity index (χ3v) is 4.52. The van der Waals surface area contributed by atoms with Crippen molar-refractivity contribution in [1.29, 1.82) is 0 Å². The van der Waals surface area contributed by atoms with Crippen LogP contribution in [0.4, 0.5) is 22.4 Å². The normalized spacial score (nSPS) is 20.1. The van der Waals surface area contributed by atoms with Gasteiger partial charge in [-0.05, 0) is 18.9 Å². The van der Waals surface area contributed by atoms with Crippen LogP contribution >= 0.6 is 0 Å². The van der Waals surface area contributed by atoms with E-state index in [0.29, 0.717) is 18.2 Å². The van der Waals surface area contributed by atoms with Gasteiger partial charge in [-0.1, -0.05) is 6.07 Å². The van der Waals surface area contributed by atoms with Crippen molar-refractivity contribution in [3.8, 4) is 5.75 Å². The van der Waals surface area contributed by atoms with Crippen molar-refractivity contribution < 1.29 is 36.4 Å². The monoisotopic (exact) mass is 404 g/mol. The molecular formula is C17H16F4N2O5. The number of ether oxygens (including phenoxy) is 2. The first kappa shape index (κ1) is 19.8. The summed E-state index contributed by atoms with van der Waals surface area (Å²) in [5.41, 5.74) is -0.427. The maximum Gasteiger partial charge on any atom is 0.573 e. The topological polar surface area (TPSA) is 84.8 Å². The average molecular weight is 404 g/mol. The number of alkyl halides is 3. The quantitative estimate of drug-likeness (QED) is 0.789. The van der Waals surface area contributed by atoms with Gasteiger partial charge in [-0.2, -0.15) is 5.16 Å². The highest BCUT2D eigenvalue weighted by atomic mass is 19.4. The highest BCUT2D eigenvalue weighted by Gasteiger charge is 2.37. The second kappa shape index (κ2) is 7.56. The summed E-state index contributed by atoms with van der Waals surface area (Å²) in [6, 6.07) is 3.16. The lowest BCUT2D eigenvalue weighted by Gasteiger charge is -2.38. The molecule has 0 spiro atoms. The Bertz CT molecular complexity index is 907. The number of amides is 1. The Morgan fingerprint density at radius 2 is 2.07 bits per heavy atom. The number of hydrogen-bond donors (Lipinski definition) is 1. The second-order valence-corrected chi connectivity index (χ2v) is 6.25. The lowest BCUT2D eigenvalue weighted by Crippen LogP contribution is -2.40. The number of methoxy groups -OCH3 is 1. The minimum absolute atomic E-state index is 0.00232. The number of halogens is 4. The minimum Gasteiger partial charge on any atom is -0.453 e. The maximum absolute atomic E-state index is 14.6. The van der Waals surface area contributed by atoms with Gasteiger partial charge < -0.3 is 18.9 Å². The van der Waals surface area contributed by atoms with Gasteiger partial charge in [0.15, 0.2) is 0 Å². The predicted octanol–water partition coefficient (Wildman–Crippen LogP) is 3.69. The number of carbonyl (C=O) groups is 1. The summed E-state index contributed by atoms with van der Waals surface area (Å²) in [7, 11) is 1.17. The summed E-state index contributed by atoms with van der Waals surface area (Å²) in [5, 5.41) is 2.17. The summed E-state index contributed by atoms with van der Waals surface area (Å²) < 4.78 is 65.1.